The lowest BCUT2D eigenvalue weighted by Crippen LogP contribution is -2.25. The Kier molecular flexibility index (Phi) is 3.20. The third-order valence-electron chi connectivity index (χ3n) is 2.50. The molecule has 1 saturated heterocycles. The Bertz CT molecular complexity index is 518. The van der Waals surface area contributed by atoms with E-state index >= 15 is 0 Å². The lowest BCUT2D eigenvalue weighted by atomic mass is 10.2. The fourth-order valence-electron chi connectivity index (χ4n) is 1.81. The average molecular weight is 325 g/mol. The predicted molar refractivity (Wildman–Crippen MR) is 69.4 cm³/mol. The van der Waals surface area contributed by atoms with Crippen molar-refractivity contribution in [3.05, 3.63) is 27.7 Å². The first-order chi connectivity index (χ1) is 7.40. The number of hydrogen-bond donors (Lipinski definition) is 0. The van der Waals surface area contributed by atoms with E-state index in [-0.39, 0.29) is 11.7 Å². The summed E-state index contributed by atoms with van der Waals surface area (Å²) < 4.78 is 25.9. The van der Waals surface area contributed by atoms with E-state index in [1.807, 2.05) is 6.92 Å². The molecule has 88 valence electrons. The maximum Gasteiger partial charge on any atom is 0.235 e. The molecule has 1 fully saturated rings. The van der Waals surface area contributed by atoms with Gasteiger partial charge in [-0.15, -0.1) is 0 Å². The molecule has 1 unspecified atom stereocenters. The lowest BCUT2D eigenvalue weighted by Gasteiger charge is -2.17. The van der Waals surface area contributed by atoms with Crippen molar-refractivity contribution >= 4 is 43.2 Å². The van der Waals surface area contributed by atoms with Crippen molar-refractivity contribution in [2.75, 3.05) is 16.6 Å². The zero-order chi connectivity index (χ0) is 11.9. The summed E-state index contributed by atoms with van der Waals surface area (Å²) in [4.78, 5) is 0. The van der Waals surface area contributed by atoms with Gasteiger partial charge in [0.2, 0.25) is 10.0 Å². The summed E-state index contributed by atoms with van der Waals surface area (Å²) in [6, 6.07) is 5.18. The number of anilines is 1. The van der Waals surface area contributed by atoms with Crippen LogP contribution in [0.25, 0.3) is 0 Å². The van der Waals surface area contributed by atoms with Crippen LogP contribution in [0.5, 0.6) is 0 Å². The highest BCUT2D eigenvalue weighted by molar-refractivity contribution is 9.10. The fraction of sp³-hybridized carbons (Fsp3) is 0.400. The van der Waals surface area contributed by atoms with E-state index in [1.54, 1.807) is 18.2 Å². The lowest BCUT2D eigenvalue weighted by molar-refractivity contribution is 0.598. The number of sulfonamides is 1. The van der Waals surface area contributed by atoms with Gasteiger partial charge in [-0.2, -0.15) is 0 Å². The molecule has 1 aliphatic heterocycles. The average Bonchev–Trinajstić information content (AvgIpc) is 2.44. The summed E-state index contributed by atoms with van der Waals surface area (Å²) in [5, 5.41) is 0.521. The van der Waals surface area contributed by atoms with Crippen molar-refractivity contribution in [3.8, 4) is 0 Å². The molecule has 0 N–H and O–H groups in total. The number of benzene rings is 1. The van der Waals surface area contributed by atoms with E-state index in [2.05, 4.69) is 15.9 Å². The molecule has 1 aromatic carbocycles. The second-order valence-corrected chi connectivity index (χ2v) is 7.21. The Labute approximate surface area is 109 Å². The Morgan fingerprint density at radius 2 is 2.19 bits per heavy atom. The minimum absolute atomic E-state index is 0.160. The molecular formula is C10H11BrClNO2S. The van der Waals surface area contributed by atoms with E-state index in [1.165, 1.54) is 4.31 Å². The first-order valence-electron chi connectivity index (χ1n) is 4.85. The van der Waals surface area contributed by atoms with Crippen molar-refractivity contribution < 1.29 is 8.42 Å². The largest absolute Gasteiger partial charge is 0.270 e. The summed E-state index contributed by atoms with van der Waals surface area (Å²) in [5.74, 6) is 0.369. The van der Waals surface area contributed by atoms with Crippen LogP contribution in [0.4, 0.5) is 5.69 Å². The van der Waals surface area contributed by atoms with Gasteiger partial charge < -0.3 is 0 Å². The minimum atomic E-state index is -3.16. The van der Waals surface area contributed by atoms with Gasteiger partial charge in [0.1, 0.15) is 0 Å². The van der Waals surface area contributed by atoms with E-state index in [4.69, 9.17) is 11.6 Å². The molecule has 0 saturated carbocycles. The van der Waals surface area contributed by atoms with Crippen LogP contribution in [0.15, 0.2) is 22.7 Å². The summed E-state index contributed by atoms with van der Waals surface area (Å²) in [6.45, 7) is 2.46. The Morgan fingerprint density at radius 3 is 2.69 bits per heavy atom. The van der Waals surface area contributed by atoms with Gasteiger partial charge in [-0.05, 0) is 40.0 Å². The molecule has 1 heterocycles. The topological polar surface area (TPSA) is 37.4 Å². The molecule has 2 rings (SSSR count). The van der Waals surface area contributed by atoms with Crippen LogP contribution in [0.1, 0.15) is 6.92 Å². The Balaban J connectivity index is 2.42. The zero-order valence-corrected chi connectivity index (χ0v) is 11.8. The van der Waals surface area contributed by atoms with Gasteiger partial charge in [-0.3, -0.25) is 4.31 Å². The third kappa shape index (κ3) is 2.21. The molecule has 0 aromatic heterocycles. The molecule has 0 aliphatic carbocycles. The van der Waals surface area contributed by atoms with Crippen molar-refractivity contribution in [1.29, 1.82) is 0 Å². The van der Waals surface area contributed by atoms with Crippen molar-refractivity contribution in [2.24, 2.45) is 5.92 Å². The number of halogens is 2. The molecule has 1 aliphatic rings. The van der Waals surface area contributed by atoms with Gasteiger partial charge >= 0.3 is 0 Å². The zero-order valence-electron chi connectivity index (χ0n) is 8.65. The van der Waals surface area contributed by atoms with E-state index in [9.17, 15) is 8.42 Å². The predicted octanol–water partition coefficient (Wildman–Crippen LogP) is 2.89. The van der Waals surface area contributed by atoms with Crippen LogP contribution in [0.2, 0.25) is 5.02 Å². The van der Waals surface area contributed by atoms with Gasteiger partial charge in [-0.1, -0.05) is 18.5 Å². The van der Waals surface area contributed by atoms with Gasteiger partial charge in [0.05, 0.1) is 16.5 Å². The number of rotatable bonds is 1. The van der Waals surface area contributed by atoms with Crippen molar-refractivity contribution in [2.45, 2.75) is 6.92 Å². The number of hydrogen-bond acceptors (Lipinski definition) is 2. The second-order valence-electron chi connectivity index (χ2n) is 4.01. The quantitative estimate of drug-likeness (QED) is 0.796. The highest BCUT2D eigenvalue weighted by Crippen LogP contribution is 2.32. The number of nitrogens with zero attached hydrogens (tertiary/aromatic N) is 1. The molecule has 6 heteroatoms. The summed E-state index contributed by atoms with van der Waals surface area (Å²) in [7, 11) is -3.16. The summed E-state index contributed by atoms with van der Waals surface area (Å²) >= 11 is 9.23. The summed E-state index contributed by atoms with van der Waals surface area (Å²) in [5.41, 5.74) is 0.637. The van der Waals surface area contributed by atoms with Gasteiger partial charge in [0, 0.05) is 11.0 Å². The first-order valence-corrected chi connectivity index (χ1v) is 7.63. The van der Waals surface area contributed by atoms with E-state index < -0.39 is 10.0 Å². The molecule has 0 spiro atoms. The van der Waals surface area contributed by atoms with E-state index in [0.717, 1.165) is 4.47 Å². The minimum Gasteiger partial charge on any atom is -0.270 e. The highest BCUT2D eigenvalue weighted by atomic mass is 79.9. The fourth-order valence-corrected chi connectivity index (χ4v) is 4.15. The highest BCUT2D eigenvalue weighted by Gasteiger charge is 2.33. The Morgan fingerprint density at radius 1 is 1.50 bits per heavy atom. The molecule has 0 amide bonds. The smallest absolute Gasteiger partial charge is 0.235 e. The first kappa shape index (κ1) is 12.2. The molecule has 0 bridgehead atoms. The van der Waals surface area contributed by atoms with Crippen LogP contribution in [0, 0.1) is 5.92 Å². The Hall–Kier alpha value is -0.260. The maximum absolute atomic E-state index is 11.8. The molecule has 16 heavy (non-hydrogen) atoms. The van der Waals surface area contributed by atoms with Crippen molar-refractivity contribution in [3.63, 3.8) is 0 Å². The molecule has 3 nitrogen and oxygen atoms in total. The van der Waals surface area contributed by atoms with Gasteiger partial charge in [-0.25, -0.2) is 8.42 Å². The molecule has 1 atom stereocenters. The van der Waals surface area contributed by atoms with Crippen LogP contribution >= 0.6 is 27.5 Å². The molecule has 1 aromatic rings. The van der Waals surface area contributed by atoms with Crippen LogP contribution in [-0.4, -0.2) is 20.7 Å². The van der Waals surface area contributed by atoms with Gasteiger partial charge in [0.25, 0.3) is 0 Å². The van der Waals surface area contributed by atoms with Gasteiger partial charge in [0.15, 0.2) is 0 Å². The standard InChI is InChI=1S/C10H11BrClNO2S/c1-7-5-13(16(14,15)6-7)8-2-3-9(11)10(12)4-8/h2-4,7H,5-6H2,1H3. The second kappa shape index (κ2) is 4.20. The SMILES string of the molecule is CC1CN(c2ccc(Br)c(Cl)c2)S(=O)(=O)C1. The summed E-state index contributed by atoms with van der Waals surface area (Å²) in [6.07, 6.45) is 0. The molecular weight excluding hydrogens is 314 g/mol. The normalized spacial score (nSPS) is 23.7. The van der Waals surface area contributed by atoms with Crippen LogP contribution < -0.4 is 4.31 Å². The maximum atomic E-state index is 11.8. The monoisotopic (exact) mass is 323 g/mol. The van der Waals surface area contributed by atoms with E-state index in [0.29, 0.717) is 17.3 Å². The third-order valence-corrected chi connectivity index (χ3v) is 5.75. The molecule has 0 radical (unpaired) electrons. The van der Waals surface area contributed by atoms with Crippen LogP contribution in [0.3, 0.4) is 0 Å². The van der Waals surface area contributed by atoms with Crippen molar-refractivity contribution in [1.82, 2.24) is 0 Å². The van der Waals surface area contributed by atoms with Crippen LogP contribution in [-0.2, 0) is 10.0 Å².